The maximum absolute atomic E-state index is 11.4. The van der Waals surface area contributed by atoms with Gasteiger partial charge in [-0.2, -0.15) is 0 Å². The molecule has 1 heterocycles. The Morgan fingerprint density at radius 2 is 1.84 bits per heavy atom. The third kappa shape index (κ3) is 6.97. The summed E-state index contributed by atoms with van der Waals surface area (Å²) >= 11 is 0. The van der Waals surface area contributed by atoms with Crippen LogP contribution in [0.5, 0.6) is 0 Å². The Morgan fingerprint density at radius 3 is 2.37 bits per heavy atom. The molecule has 0 spiro atoms. The van der Waals surface area contributed by atoms with Crippen molar-refractivity contribution < 1.29 is 9.53 Å². The molecule has 1 aliphatic rings. The minimum absolute atomic E-state index is 0.101. The van der Waals surface area contributed by atoms with Crippen LogP contribution >= 0.6 is 0 Å². The lowest BCUT2D eigenvalue weighted by Crippen LogP contribution is -2.38. The Hall–Kier alpha value is -1.35. The molecule has 2 rings (SSSR count). The molecule has 1 aromatic carbocycles. The van der Waals surface area contributed by atoms with Crippen LogP contribution in [0.3, 0.4) is 0 Å². The molecule has 1 fully saturated rings. The molecule has 3 heteroatoms. The third-order valence-corrected chi connectivity index (χ3v) is 2.82. The molecule has 0 radical (unpaired) electrons. The summed E-state index contributed by atoms with van der Waals surface area (Å²) in [4.78, 5) is 13.7. The molecule has 1 aliphatic heterocycles. The Balaban J connectivity index is 0.000000550. The predicted octanol–water partition coefficient (Wildman–Crippen LogP) is 3.24. The summed E-state index contributed by atoms with van der Waals surface area (Å²) in [6, 6.07) is 9.77. The number of carbonyl (C=O) groups excluding carboxylic acids is 1. The van der Waals surface area contributed by atoms with Crippen LogP contribution in [0.1, 0.15) is 38.7 Å². The molecule has 0 atom stereocenters. The Bertz CT molecular complexity index is 347. The average molecular weight is 263 g/mol. The molecule has 0 saturated carbocycles. The zero-order chi connectivity index (χ0) is 13.9. The number of esters is 1. The smallest absolute Gasteiger partial charge is 0.307 e. The van der Waals surface area contributed by atoms with Gasteiger partial charge >= 0.3 is 5.97 Å². The van der Waals surface area contributed by atoms with Gasteiger partial charge in [0.25, 0.3) is 0 Å². The zero-order valence-corrected chi connectivity index (χ0v) is 12.1. The van der Waals surface area contributed by atoms with Gasteiger partial charge in [-0.3, -0.25) is 4.79 Å². The molecule has 1 saturated heterocycles. The van der Waals surface area contributed by atoms with Gasteiger partial charge in [0.15, 0.2) is 0 Å². The fourth-order valence-electron chi connectivity index (χ4n) is 1.66. The van der Waals surface area contributed by atoms with Crippen LogP contribution in [0.2, 0.25) is 0 Å². The number of hydrogen-bond acceptors (Lipinski definition) is 3. The highest BCUT2D eigenvalue weighted by Gasteiger charge is 2.14. The number of nitrogens with zero attached hydrogens (tertiary/aromatic N) is 1. The normalized spacial score (nSPS) is 14.0. The van der Waals surface area contributed by atoms with E-state index in [9.17, 15) is 4.79 Å². The molecule has 3 nitrogen and oxygen atoms in total. The van der Waals surface area contributed by atoms with E-state index in [-0.39, 0.29) is 5.97 Å². The molecule has 1 aromatic rings. The van der Waals surface area contributed by atoms with E-state index in [4.69, 9.17) is 4.74 Å². The minimum Gasteiger partial charge on any atom is -0.461 e. The van der Waals surface area contributed by atoms with Gasteiger partial charge < -0.3 is 9.64 Å². The van der Waals surface area contributed by atoms with Crippen molar-refractivity contribution in [3.05, 3.63) is 35.9 Å². The van der Waals surface area contributed by atoms with Gasteiger partial charge in [0, 0.05) is 6.54 Å². The molecular formula is C16H25NO2. The van der Waals surface area contributed by atoms with Crippen molar-refractivity contribution in [2.75, 3.05) is 19.6 Å². The molecular weight excluding hydrogens is 238 g/mol. The lowest BCUT2D eigenvalue weighted by atomic mass is 10.2. The van der Waals surface area contributed by atoms with Crippen LogP contribution in [0.25, 0.3) is 0 Å². The Kier molecular flexibility index (Phi) is 7.91. The van der Waals surface area contributed by atoms with Crippen molar-refractivity contribution in [1.29, 1.82) is 0 Å². The summed E-state index contributed by atoms with van der Waals surface area (Å²) in [5.41, 5.74) is 1.04. The molecule has 0 aliphatic carbocycles. The maximum Gasteiger partial charge on any atom is 0.307 e. The summed E-state index contributed by atoms with van der Waals surface area (Å²) < 4.78 is 5.18. The van der Waals surface area contributed by atoms with Crippen molar-refractivity contribution >= 4 is 5.97 Å². The summed E-state index contributed by atoms with van der Waals surface area (Å²) in [7, 11) is 0. The largest absolute Gasteiger partial charge is 0.461 e. The fraction of sp³-hybridized carbons (Fsp3) is 0.562. The average Bonchev–Trinajstić information content (AvgIpc) is 2.37. The van der Waals surface area contributed by atoms with Gasteiger partial charge in [-0.1, -0.05) is 50.6 Å². The Labute approximate surface area is 116 Å². The number of benzene rings is 1. The van der Waals surface area contributed by atoms with E-state index in [1.54, 1.807) is 0 Å². The van der Waals surface area contributed by atoms with E-state index >= 15 is 0 Å². The fourth-order valence-corrected chi connectivity index (χ4v) is 1.66. The topological polar surface area (TPSA) is 29.5 Å². The van der Waals surface area contributed by atoms with Crippen molar-refractivity contribution in [3.63, 3.8) is 0 Å². The van der Waals surface area contributed by atoms with Crippen molar-refractivity contribution in [1.82, 2.24) is 4.90 Å². The van der Waals surface area contributed by atoms with Crippen molar-refractivity contribution in [3.8, 4) is 0 Å². The van der Waals surface area contributed by atoms with E-state index in [0.29, 0.717) is 13.0 Å². The number of likely N-dealkylation sites (tertiary alicyclic amines) is 1. The number of hydrogen-bond donors (Lipinski definition) is 0. The quantitative estimate of drug-likeness (QED) is 0.764. The van der Waals surface area contributed by atoms with Gasteiger partial charge in [-0.15, -0.1) is 0 Å². The predicted molar refractivity (Wildman–Crippen MR) is 77.9 cm³/mol. The zero-order valence-electron chi connectivity index (χ0n) is 12.1. The summed E-state index contributed by atoms with van der Waals surface area (Å²) in [6.07, 6.45) is 3.02. The third-order valence-electron chi connectivity index (χ3n) is 2.82. The lowest BCUT2D eigenvalue weighted by Gasteiger charge is -2.30. The van der Waals surface area contributed by atoms with Gasteiger partial charge in [-0.25, -0.2) is 0 Å². The van der Waals surface area contributed by atoms with Crippen LogP contribution < -0.4 is 0 Å². The first-order valence-corrected chi connectivity index (χ1v) is 7.18. The van der Waals surface area contributed by atoms with E-state index < -0.39 is 0 Å². The summed E-state index contributed by atoms with van der Waals surface area (Å²) in [6.45, 7) is 7.74. The van der Waals surface area contributed by atoms with Gasteiger partial charge in [0.1, 0.15) is 6.61 Å². The number of carbonyl (C=O) groups is 1. The van der Waals surface area contributed by atoms with Crippen LogP contribution in [-0.4, -0.2) is 30.5 Å². The molecule has 0 N–H and O–H groups in total. The van der Waals surface area contributed by atoms with Gasteiger partial charge in [0.05, 0.1) is 6.42 Å². The lowest BCUT2D eigenvalue weighted by molar-refractivity contribution is -0.145. The molecule has 0 bridgehead atoms. The SMILES string of the molecule is CCC.O=C(CCN1CCC1)OCc1ccccc1. The highest BCUT2D eigenvalue weighted by Crippen LogP contribution is 2.07. The Morgan fingerprint density at radius 1 is 1.21 bits per heavy atom. The molecule has 0 aromatic heterocycles. The van der Waals surface area contributed by atoms with E-state index in [1.165, 1.54) is 12.8 Å². The van der Waals surface area contributed by atoms with Crippen LogP contribution in [0.15, 0.2) is 30.3 Å². The molecule has 0 amide bonds. The maximum atomic E-state index is 11.4. The minimum atomic E-state index is -0.101. The van der Waals surface area contributed by atoms with E-state index in [0.717, 1.165) is 25.2 Å². The first-order chi connectivity index (χ1) is 9.26. The van der Waals surface area contributed by atoms with Gasteiger partial charge in [-0.05, 0) is 25.1 Å². The van der Waals surface area contributed by atoms with Crippen molar-refractivity contribution in [2.45, 2.75) is 39.7 Å². The molecule has 0 unspecified atom stereocenters. The van der Waals surface area contributed by atoms with Gasteiger partial charge in [0.2, 0.25) is 0 Å². The van der Waals surface area contributed by atoms with Crippen LogP contribution in [0.4, 0.5) is 0 Å². The van der Waals surface area contributed by atoms with Crippen molar-refractivity contribution in [2.24, 2.45) is 0 Å². The standard InChI is InChI=1S/C13H17NO2.C3H8/c15-13(7-10-14-8-4-9-14)16-11-12-5-2-1-3-6-12;1-3-2/h1-3,5-6H,4,7-11H2;3H2,1-2H3. The van der Waals surface area contributed by atoms with Crippen LogP contribution in [0, 0.1) is 0 Å². The number of rotatable bonds is 5. The first kappa shape index (κ1) is 15.7. The first-order valence-electron chi connectivity index (χ1n) is 7.18. The van der Waals surface area contributed by atoms with Crippen LogP contribution in [-0.2, 0) is 16.1 Å². The second-order valence-corrected chi connectivity index (χ2v) is 4.80. The second kappa shape index (κ2) is 9.56. The van der Waals surface area contributed by atoms with E-state index in [2.05, 4.69) is 18.7 Å². The number of ether oxygens (including phenoxy) is 1. The molecule has 19 heavy (non-hydrogen) atoms. The highest BCUT2D eigenvalue weighted by atomic mass is 16.5. The summed E-state index contributed by atoms with van der Waals surface area (Å²) in [5, 5.41) is 0. The highest BCUT2D eigenvalue weighted by molar-refractivity contribution is 5.69. The second-order valence-electron chi connectivity index (χ2n) is 4.80. The summed E-state index contributed by atoms with van der Waals surface area (Å²) in [5.74, 6) is -0.101. The molecule has 106 valence electrons. The van der Waals surface area contributed by atoms with E-state index in [1.807, 2.05) is 30.3 Å². The monoisotopic (exact) mass is 263 g/mol.